The number of rotatable bonds is 4. The fourth-order valence-corrected chi connectivity index (χ4v) is 2.69. The number of benzene rings is 1. The summed E-state index contributed by atoms with van der Waals surface area (Å²) in [6.07, 6.45) is 2.91. The zero-order chi connectivity index (χ0) is 13.4. The van der Waals surface area contributed by atoms with Gasteiger partial charge < -0.3 is 21.5 Å². The van der Waals surface area contributed by atoms with Crippen molar-refractivity contribution < 1.29 is 9.53 Å². The number of hydrogen-bond acceptors (Lipinski definition) is 4. The lowest BCUT2D eigenvalue weighted by Gasteiger charge is -2.29. The van der Waals surface area contributed by atoms with Crippen LogP contribution in [0.3, 0.4) is 0 Å². The fourth-order valence-electron chi connectivity index (χ4n) is 2.69. The van der Waals surface area contributed by atoms with Gasteiger partial charge in [0.05, 0.1) is 12.2 Å². The van der Waals surface area contributed by atoms with Crippen molar-refractivity contribution in [2.24, 2.45) is 17.6 Å². The van der Waals surface area contributed by atoms with Gasteiger partial charge in [0.15, 0.2) is 0 Å². The van der Waals surface area contributed by atoms with E-state index in [1.54, 1.807) is 0 Å². The molecule has 1 aromatic carbocycles. The first kappa shape index (κ1) is 12.1. The van der Waals surface area contributed by atoms with E-state index in [-0.39, 0.29) is 17.9 Å². The second-order valence-electron chi connectivity index (χ2n) is 5.46. The predicted octanol–water partition coefficient (Wildman–Crippen LogP) is 1.34. The molecule has 0 aromatic heterocycles. The molecule has 0 bridgehead atoms. The maximum absolute atomic E-state index is 11.5. The van der Waals surface area contributed by atoms with Crippen LogP contribution in [0, 0.1) is 11.8 Å². The number of nitrogen functional groups attached to an aromatic ring is 1. The second-order valence-corrected chi connectivity index (χ2v) is 5.46. The maximum Gasteiger partial charge on any atom is 0.220 e. The van der Waals surface area contributed by atoms with Crippen LogP contribution in [0.2, 0.25) is 0 Å². The molecule has 3 rings (SSSR count). The molecule has 1 unspecified atom stereocenters. The highest BCUT2D eigenvalue weighted by Gasteiger charge is 2.37. The summed E-state index contributed by atoms with van der Waals surface area (Å²) in [6, 6.07) is 5.54. The number of nitrogens with two attached hydrogens (primary N) is 2. The molecule has 1 heterocycles. The number of carbonyl (C=O) groups is 1. The molecule has 0 radical (unpaired) electrons. The SMILES string of the molecule is NC(=O)C(C[C@H]1CNc2cc(N)ccc2O1)C1CC1. The Morgan fingerprint density at radius 2 is 2.26 bits per heavy atom. The van der Waals surface area contributed by atoms with E-state index in [2.05, 4.69) is 5.32 Å². The number of fused-ring (bicyclic) bond motifs is 1. The molecule has 1 saturated carbocycles. The number of hydrogen-bond donors (Lipinski definition) is 3. The van der Waals surface area contributed by atoms with Crippen LogP contribution >= 0.6 is 0 Å². The standard InChI is InChI=1S/C14H19N3O2/c15-9-3-4-13-12(5-9)17-7-10(19-13)6-11(14(16)18)8-1-2-8/h3-5,8,10-11,17H,1-2,6-7,15H2,(H2,16,18)/t10-,11?/m0/s1. The summed E-state index contributed by atoms with van der Waals surface area (Å²) in [7, 11) is 0. The molecule has 2 aliphatic rings. The van der Waals surface area contributed by atoms with E-state index >= 15 is 0 Å². The maximum atomic E-state index is 11.5. The quantitative estimate of drug-likeness (QED) is 0.713. The zero-order valence-electron chi connectivity index (χ0n) is 10.8. The molecule has 1 aliphatic carbocycles. The lowest BCUT2D eigenvalue weighted by atomic mass is 9.95. The predicted molar refractivity (Wildman–Crippen MR) is 73.8 cm³/mol. The highest BCUT2D eigenvalue weighted by Crippen LogP contribution is 2.40. The molecule has 5 nitrogen and oxygen atoms in total. The molecular weight excluding hydrogens is 242 g/mol. The Balaban J connectivity index is 1.68. The van der Waals surface area contributed by atoms with Crippen molar-refractivity contribution in [3.63, 3.8) is 0 Å². The molecule has 1 amide bonds. The van der Waals surface area contributed by atoms with Crippen LogP contribution in [0.5, 0.6) is 5.75 Å². The number of carbonyl (C=O) groups excluding carboxylic acids is 1. The van der Waals surface area contributed by atoms with E-state index in [0.29, 0.717) is 24.6 Å². The van der Waals surface area contributed by atoms with Gasteiger partial charge in [0.2, 0.25) is 5.91 Å². The summed E-state index contributed by atoms with van der Waals surface area (Å²) < 4.78 is 5.92. The highest BCUT2D eigenvalue weighted by atomic mass is 16.5. The average Bonchev–Trinajstić information content (AvgIpc) is 3.20. The average molecular weight is 261 g/mol. The Morgan fingerprint density at radius 3 is 2.95 bits per heavy atom. The number of primary amides is 1. The van der Waals surface area contributed by atoms with Crippen molar-refractivity contribution in [1.29, 1.82) is 0 Å². The smallest absolute Gasteiger partial charge is 0.220 e. The normalized spacial score (nSPS) is 22.8. The summed E-state index contributed by atoms with van der Waals surface area (Å²) >= 11 is 0. The lowest BCUT2D eigenvalue weighted by Crippen LogP contribution is -2.36. The van der Waals surface area contributed by atoms with Crippen molar-refractivity contribution in [2.75, 3.05) is 17.6 Å². The lowest BCUT2D eigenvalue weighted by molar-refractivity contribution is -0.123. The van der Waals surface area contributed by atoms with Gasteiger partial charge in [0.1, 0.15) is 11.9 Å². The van der Waals surface area contributed by atoms with Gasteiger partial charge in [-0.15, -0.1) is 0 Å². The van der Waals surface area contributed by atoms with Gasteiger partial charge in [-0.25, -0.2) is 0 Å². The summed E-state index contributed by atoms with van der Waals surface area (Å²) in [6.45, 7) is 0.687. The van der Waals surface area contributed by atoms with Gasteiger partial charge in [-0.05, 0) is 43.4 Å². The molecule has 5 N–H and O–H groups in total. The second kappa shape index (κ2) is 4.64. The van der Waals surface area contributed by atoms with E-state index in [0.717, 1.165) is 24.3 Å². The van der Waals surface area contributed by atoms with E-state index in [4.69, 9.17) is 16.2 Å². The van der Waals surface area contributed by atoms with Crippen molar-refractivity contribution in [3.05, 3.63) is 18.2 Å². The molecule has 0 saturated heterocycles. The van der Waals surface area contributed by atoms with Crippen LogP contribution in [0.4, 0.5) is 11.4 Å². The van der Waals surface area contributed by atoms with Crippen LogP contribution in [-0.2, 0) is 4.79 Å². The molecule has 19 heavy (non-hydrogen) atoms. The van der Waals surface area contributed by atoms with Crippen LogP contribution in [0.25, 0.3) is 0 Å². The minimum atomic E-state index is -0.200. The molecule has 1 aromatic rings. The third-order valence-corrected chi connectivity index (χ3v) is 3.89. The van der Waals surface area contributed by atoms with Gasteiger partial charge in [-0.3, -0.25) is 4.79 Å². The van der Waals surface area contributed by atoms with E-state index in [1.165, 1.54) is 0 Å². The minimum absolute atomic E-state index is 0.00535. The van der Waals surface area contributed by atoms with Crippen molar-refractivity contribution in [2.45, 2.75) is 25.4 Å². The third kappa shape index (κ3) is 2.59. The van der Waals surface area contributed by atoms with Gasteiger partial charge in [-0.2, -0.15) is 0 Å². The Morgan fingerprint density at radius 1 is 1.47 bits per heavy atom. The van der Waals surface area contributed by atoms with Crippen LogP contribution in [-0.4, -0.2) is 18.6 Å². The van der Waals surface area contributed by atoms with E-state index in [9.17, 15) is 4.79 Å². The summed E-state index contributed by atoms with van der Waals surface area (Å²) in [5.41, 5.74) is 12.8. The summed E-state index contributed by atoms with van der Waals surface area (Å²) in [5.74, 6) is 1.01. The Hall–Kier alpha value is -1.91. The number of anilines is 2. The first-order valence-electron chi connectivity index (χ1n) is 6.73. The minimum Gasteiger partial charge on any atom is -0.486 e. The van der Waals surface area contributed by atoms with Gasteiger partial charge in [0.25, 0.3) is 0 Å². The number of ether oxygens (including phenoxy) is 1. The van der Waals surface area contributed by atoms with Crippen LogP contribution in [0.15, 0.2) is 18.2 Å². The topological polar surface area (TPSA) is 90.4 Å². The first-order chi connectivity index (χ1) is 9.13. The highest BCUT2D eigenvalue weighted by molar-refractivity contribution is 5.77. The van der Waals surface area contributed by atoms with Gasteiger partial charge in [-0.1, -0.05) is 0 Å². The Bertz CT molecular complexity index is 499. The van der Waals surface area contributed by atoms with Crippen molar-refractivity contribution in [1.82, 2.24) is 0 Å². The monoisotopic (exact) mass is 261 g/mol. The molecule has 1 fully saturated rings. The Kier molecular flexibility index (Phi) is 2.97. The number of amides is 1. The van der Waals surface area contributed by atoms with Crippen LogP contribution in [0.1, 0.15) is 19.3 Å². The van der Waals surface area contributed by atoms with E-state index < -0.39 is 0 Å². The largest absolute Gasteiger partial charge is 0.486 e. The zero-order valence-corrected chi connectivity index (χ0v) is 10.8. The third-order valence-electron chi connectivity index (χ3n) is 3.89. The molecule has 1 aliphatic heterocycles. The molecule has 2 atom stereocenters. The molecule has 5 heteroatoms. The molecular formula is C14H19N3O2. The van der Waals surface area contributed by atoms with Gasteiger partial charge >= 0.3 is 0 Å². The fraction of sp³-hybridized carbons (Fsp3) is 0.500. The van der Waals surface area contributed by atoms with Crippen molar-refractivity contribution in [3.8, 4) is 5.75 Å². The van der Waals surface area contributed by atoms with E-state index in [1.807, 2.05) is 18.2 Å². The van der Waals surface area contributed by atoms with Crippen molar-refractivity contribution >= 4 is 17.3 Å². The molecule has 102 valence electrons. The summed E-state index contributed by atoms with van der Waals surface area (Å²) in [5, 5.41) is 3.30. The van der Waals surface area contributed by atoms with Gasteiger partial charge in [0, 0.05) is 11.6 Å². The van der Waals surface area contributed by atoms with Crippen LogP contribution < -0.4 is 21.5 Å². The first-order valence-corrected chi connectivity index (χ1v) is 6.73. The Labute approximate surface area is 112 Å². The number of nitrogens with one attached hydrogen (secondary N) is 1. The summed E-state index contributed by atoms with van der Waals surface area (Å²) in [4.78, 5) is 11.5. The molecule has 0 spiro atoms.